The van der Waals surface area contributed by atoms with Crippen molar-refractivity contribution in [1.29, 1.82) is 0 Å². The van der Waals surface area contributed by atoms with Crippen molar-refractivity contribution in [2.75, 3.05) is 5.32 Å². The lowest BCUT2D eigenvalue weighted by Crippen LogP contribution is -2.40. The Kier molecular flexibility index (Phi) is 5.82. The molecule has 1 amide bonds. The van der Waals surface area contributed by atoms with Crippen molar-refractivity contribution in [3.05, 3.63) is 133 Å². The predicted octanol–water partition coefficient (Wildman–Crippen LogP) is 4.18. The summed E-state index contributed by atoms with van der Waals surface area (Å²) in [5, 5.41) is 2.97. The number of amides is 1. The average molecular weight is 466 g/mol. The van der Waals surface area contributed by atoms with Gasteiger partial charge in [0.25, 0.3) is 11.5 Å². The standard InChI is InChI=1S/C28H23N3O2S/c1-18-10-9-11-20(16-18)17-23-27(33)31-25(21-12-5-3-6-13-21)24(19(2)29-28(31)34-23)26(32)30-22-14-7-4-8-15-22/h3-17,25H,1-2H3,(H,30,32)/b23-17+/t25-/m1/s1. The van der Waals surface area contributed by atoms with Gasteiger partial charge in [0.05, 0.1) is 21.8 Å². The monoisotopic (exact) mass is 465 g/mol. The van der Waals surface area contributed by atoms with Crippen molar-refractivity contribution in [2.24, 2.45) is 4.99 Å². The van der Waals surface area contributed by atoms with Crippen molar-refractivity contribution in [2.45, 2.75) is 19.9 Å². The summed E-state index contributed by atoms with van der Waals surface area (Å²) < 4.78 is 2.23. The van der Waals surface area contributed by atoms with Crippen molar-refractivity contribution >= 4 is 29.0 Å². The van der Waals surface area contributed by atoms with Crippen LogP contribution in [0.3, 0.4) is 0 Å². The molecule has 168 valence electrons. The van der Waals surface area contributed by atoms with Crippen LogP contribution in [0.25, 0.3) is 6.08 Å². The summed E-state index contributed by atoms with van der Waals surface area (Å²) >= 11 is 1.34. The number of nitrogens with zero attached hydrogens (tertiary/aromatic N) is 2. The number of fused-ring (bicyclic) bond motifs is 1. The first kappa shape index (κ1) is 21.8. The number of hydrogen-bond acceptors (Lipinski definition) is 4. The van der Waals surface area contributed by atoms with Gasteiger partial charge in [0.2, 0.25) is 0 Å². The zero-order valence-electron chi connectivity index (χ0n) is 18.9. The Bertz CT molecular complexity index is 1580. The van der Waals surface area contributed by atoms with E-state index in [1.54, 1.807) is 4.57 Å². The van der Waals surface area contributed by atoms with Crippen LogP contribution in [0.4, 0.5) is 5.69 Å². The van der Waals surface area contributed by atoms with Crippen LogP contribution in [0.15, 0.2) is 106 Å². The lowest BCUT2D eigenvalue weighted by molar-refractivity contribution is -0.113. The molecule has 0 bridgehead atoms. The third-order valence-corrected chi connectivity index (χ3v) is 6.74. The van der Waals surface area contributed by atoms with Crippen LogP contribution in [0.2, 0.25) is 0 Å². The van der Waals surface area contributed by atoms with Crippen molar-refractivity contribution in [1.82, 2.24) is 4.57 Å². The molecule has 4 aromatic rings. The van der Waals surface area contributed by atoms with Crippen LogP contribution < -0.4 is 20.2 Å². The van der Waals surface area contributed by atoms with E-state index in [0.717, 1.165) is 16.7 Å². The number of para-hydroxylation sites is 1. The van der Waals surface area contributed by atoms with E-state index in [4.69, 9.17) is 0 Å². The highest BCUT2D eigenvalue weighted by molar-refractivity contribution is 7.07. The highest BCUT2D eigenvalue weighted by atomic mass is 32.1. The molecular formula is C28H23N3O2S. The smallest absolute Gasteiger partial charge is 0.271 e. The third kappa shape index (κ3) is 4.16. The molecule has 0 saturated heterocycles. The van der Waals surface area contributed by atoms with Crippen LogP contribution in [0, 0.1) is 6.92 Å². The van der Waals surface area contributed by atoms with Gasteiger partial charge in [0, 0.05) is 5.69 Å². The summed E-state index contributed by atoms with van der Waals surface area (Å²) in [5.41, 5.74) is 4.54. The number of rotatable bonds is 4. The number of aromatic nitrogens is 1. The highest BCUT2D eigenvalue weighted by Gasteiger charge is 2.32. The molecule has 0 aliphatic carbocycles. The molecular weight excluding hydrogens is 442 g/mol. The van der Waals surface area contributed by atoms with Gasteiger partial charge in [-0.25, -0.2) is 4.99 Å². The second kappa shape index (κ2) is 9.08. The molecule has 1 aliphatic heterocycles. The number of carbonyl (C=O) groups is 1. The number of hydrogen-bond donors (Lipinski definition) is 1. The first-order valence-electron chi connectivity index (χ1n) is 11.0. The van der Waals surface area contributed by atoms with E-state index in [-0.39, 0.29) is 11.5 Å². The van der Waals surface area contributed by atoms with Gasteiger partial charge in [-0.1, -0.05) is 89.7 Å². The van der Waals surface area contributed by atoms with Gasteiger partial charge in [-0.3, -0.25) is 14.2 Å². The molecule has 6 heteroatoms. The SMILES string of the molecule is CC1=C(C(=O)Nc2ccccc2)[C@@H](c2ccccc2)n2c(s/c(=C/c3cccc(C)c3)c2=O)=N1. The summed E-state index contributed by atoms with van der Waals surface area (Å²) in [6, 6.07) is 26.4. The first-order valence-corrected chi connectivity index (χ1v) is 11.8. The average Bonchev–Trinajstić information content (AvgIpc) is 3.13. The van der Waals surface area contributed by atoms with Gasteiger partial charge >= 0.3 is 0 Å². The minimum Gasteiger partial charge on any atom is -0.322 e. The summed E-state index contributed by atoms with van der Waals surface area (Å²) in [5.74, 6) is -0.269. The normalized spacial score (nSPS) is 15.6. The van der Waals surface area contributed by atoms with Crippen LogP contribution >= 0.6 is 11.3 Å². The third-order valence-electron chi connectivity index (χ3n) is 5.75. The molecule has 5 nitrogen and oxygen atoms in total. The van der Waals surface area contributed by atoms with E-state index in [2.05, 4.69) is 10.3 Å². The molecule has 0 unspecified atom stereocenters. The van der Waals surface area contributed by atoms with Crippen LogP contribution in [-0.4, -0.2) is 10.5 Å². The van der Waals surface area contributed by atoms with Gasteiger partial charge in [0.1, 0.15) is 0 Å². The van der Waals surface area contributed by atoms with E-state index in [1.807, 2.05) is 105 Å². The Morgan fingerprint density at radius 1 is 0.971 bits per heavy atom. The van der Waals surface area contributed by atoms with E-state index >= 15 is 0 Å². The van der Waals surface area contributed by atoms with Crippen molar-refractivity contribution in [3.63, 3.8) is 0 Å². The minimum absolute atomic E-state index is 0.156. The van der Waals surface area contributed by atoms with E-state index < -0.39 is 6.04 Å². The number of anilines is 1. The summed E-state index contributed by atoms with van der Waals surface area (Å²) in [6.07, 6.45) is 1.89. The number of benzene rings is 3. The predicted molar refractivity (Wildman–Crippen MR) is 136 cm³/mol. The fourth-order valence-corrected chi connectivity index (χ4v) is 5.24. The molecule has 3 aromatic carbocycles. The summed E-state index contributed by atoms with van der Waals surface area (Å²) in [6.45, 7) is 3.85. The second-order valence-corrected chi connectivity index (χ2v) is 9.24. The highest BCUT2D eigenvalue weighted by Crippen LogP contribution is 2.30. The number of allylic oxidation sites excluding steroid dienone is 1. The topological polar surface area (TPSA) is 63.5 Å². The maximum Gasteiger partial charge on any atom is 0.271 e. The zero-order chi connectivity index (χ0) is 23.7. The van der Waals surface area contributed by atoms with E-state index in [1.165, 1.54) is 11.3 Å². The Hall–Kier alpha value is -4.03. The van der Waals surface area contributed by atoms with Gasteiger partial charge in [-0.15, -0.1) is 0 Å². The fraction of sp³-hybridized carbons (Fsp3) is 0.107. The summed E-state index contributed by atoms with van der Waals surface area (Å²) in [7, 11) is 0. The second-order valence-electron chi connectivity index (χ2n) is 8.23. The molecule has 1 aromatic heterocycles. The zero-order valence-corrected chi connectivity index (χ0v) is 19.7. The van der Waals surface area contributed by atoms with Gasteiger partial charge in [0.15, 0.2) is 4.80 Å². The summed E-state index contributed by atoms with van der Waals surface area (Å²) in [4.78, 5) is 32.4. The molecule has 34 heavy (non-hydrogen) atoms. The maximum absolute atomic E-state index is 13.6. The molecule has 1 atom stereocenters. The Balaban J connectivity index is 1.67. The lowest BCUT2D eigenvalue weighted by Gasteiger charge is -2.25. The number of nitrogens with one attached hydrogen (secondary N) is 1. The molecule has 0 spiro atoms. The van der Waals surface area contributed by atoms with Gasteiger partial charge in [-0.05, 0) is 43.2 Å². The molecule has 0 saturated carbocycles. The van der Waals surface area contributed by atoms with Crippen molar-refractivity contribution in [3.8, 4) is 0 Å². The van der Waals surface area contributed by atoms with Gasteiger partial charge < -0.3 is 5.32 Å². The molecule has 1 N–H and O–H groups in total. The number of thiazole rings is 1. The molecule has 5 rings (SSSR count). The van der Waals surface area contributed by atoms with E-state index in [9.17, 15) is 9.59 Å². The molecule has 0 fully saturated rings. The van der Waals surface area contributed by atoms with Crippen molar-refractivity contribution < 1.29 is 4.79 Å². The quantitative estimate of drug-likeness (QED) is 0.491. The van der Waals surface area contributed by atoms with Gasteiger partial charge in [-0.2, -0.15) is 0 Å². The Labute approximate surface area is 201 Å². The Morgan fingerprint density at radius 2 is 1.68 bits per heavy atom. The van der Waals surface area contributed by atoms with Crippen LogP contribution in [-0.2, 0) is 4.79 Å². The Morgan fingerprint density at radius 3 is 2.38 bits per heavy atom. The van der Waals surface area contributed by atoms with Crippen LogP contribution in [0.1, 0.15) is 29.7 Å². The van der Waals surface area contributed by atoms with E-state index in [0.29, 0.717) is 26.3 Å². The maximum atomic E-state index is 13.6. The van der Waals surface area contributed by atoms with Crippen LogP contribution in [0.5, 0.6) is 0 Å². The fourth-order valence-electron chi connectivity index (χ4n) is 4.19. The molecule has 0 radical (unpaired) electrons. The number of aryl methyl sites for hydroxylation is 1. The largest absolute Gasteiger partial charge is 0.322 e. The number of carbonyl (C=O) groups excluding carboxylic acids is 1. The first-order chi connectivity index (χ1) is 16.5. The minimum atomic E-state index is -0.569. The molecule has 1 aliphatic rings. The molecule has 2 heterocycles. The lowest BCUT2D eigenvalue weighted by atomic mass is 9.95.